The van der Waals surface area contributed by atoms with Crippen molar-refractivity contribution in [3.8, 4) is 0 Å². The molecule has 2 amide bonds. The van der Waals surface area contributed by atoms with Gasteiger partial charge in [0.2, 0.25) is 5.91 Å². The van der Waals surface area contributed by atoms with Crippen molar-refractivity contribution < 1.29 is 23.8 Å². The summed E-state index contributed by atoms with van der Waals surface area (Å²) in [4.78, 5) is 24.4. The number of thiol groups is 1. The summed E-state index contributed by atoms with van der Waals surface area (Å²) >= 11 is 4.44. The first kappa shape index (κ1) is 32.0. The van der Waals surface area contributed by atoms with Crippen LogP contribution in [-0.2, 0) is 19.0 Å². The van der Waals surface area contributed by atoms with Crippen LogP contribution in [0.2, 0.25) is 5.31 Å². The van der Waals surface area contributed by atoms with Gasteiger partial charge in [-0.2, -0.15) is 12.6 Å². The second-order valence-corrected chi connectivity index (χ2v) is 13.0. The Bertz CT molecular complexity index is 634. The number of ether oxygens (including phenoxy) is 3. The van der Waals surface area contributed by atoms with Gasteiger partial charge in [-0.15, -0.1) is 0 Å². The molecule has 8 nitrogen and oxygen atoms in total. The number of carbonyl (C=O) groups is 2. The summed E-state index contributed by atoms with van der Waals surface area (Å²) in [6, 6.07) is 0. The predicted octanol–water partition coefficient (Wildman–Crippen LogP) is 2.85. The molecule has 192 valence electrons. The number of alkyl carbamates (subject to hydrolysis) is 1. The molecule has 2 radical (unpaired) electrons. The van der Waals surface area contributed by atoms with Crippen LogP contribution < -0.4 is 16.4 Å². The lowest BCUT2D eigenvalue weighted by atomic mass is 9.68. The first-order chi connectivity index (χ1) is 14.7. The van der Waals surface area contributed by atoms with Gasteiger partial charge in [0.05, 0.1) is 33.2 Å². The predicted molar refractivity (Wildman–Crippen MR) is 137 cm³/mol. The maximum Gasteiger partial charge on any atom is 0.407 e. The van der Waals surface area contributed by atoms with Gasteiger partial charge in [-0.25, -0.2) is 4.79 Å². The van der Waals surface area contributed by atoms with E-state index < -0.39 is 27.3 Å². The molecule has 0 aromatic rings. The molecule has 0 fully saturated rings. The molecule has 2 unspecified atom stereocenters. The van der Waals surface area contributed by atoms with Crippen LogP contribution in [0.5, 0.6) is 0 Å². The van der Waals surface area contributed by atoms with Gasteiger partial charge in [0.25, 0.3) is 0 Å². The molecule has 33 heavy (non-hydrogen) atoms. The molecule has 0 aromatic heterocycles. The van der Waals surface area contributed by atoms with Crippen molar-refractivity contribution in [2.75, 3.05) is 39.5 Å². The van der Waals surface area contributed by atoms with Gasteiger partial charge in [0, 0.05) is 36.3 Å². The lowest BCUT2D eigenvalue weighted by Gasteiger charge is -2.32. The van der Waals surface area contributed by atoms with Crippen molar-refractivity contribution in [2.24, 2.45) is 11.1 Å². The first-order valence-corrected chi connectivity index (χ1v) is 11.8. The molecule has 2 atom stereocenters. The maximum absolute atomic E-state index is 12.5. The van der Waals surface area contributed by atoms with E-state index in [1.165, 1.54) is 0 Å². The first-order valence-electron chi connectivity index (χ1n) is 11.3. The number of nitrogens with one attached hydrogen (secondary N) is 2. The van der Waals surface area contributed by atoms with E-state index in [0.29, 0.717) is 32.9 Å². The third-order valence-electron chi connectivity index (χ3n) is 4.39. The fraction of sp³-hybridized carbons (Fsp3) is 0.913. The Morgan fingerprint density at radius 3 is 1.97 bits per heavy atom. The van der Waals surface area contributed by atoms with Gasteiger partial charge < -0.3 is 30.6 Å². The molecule has 0 heterocycles. The molecule has 4 N–H and O–H groups in total. The molecule has 0 saturated carbocycles. The second-order valence-electron chi connectivity index (χ2n) is 12.0. The lowest BCUT2D eigenvalue weighted by molar-refractivity contribution is -0.124. The Balaban J connectivity index is 4.44. The number of carbonyl (C=O) groups excluding carboxylic acids is 2. The summed E-state index contributed by atoms with van der Waals surface area (Å²) in [6.07, 6.45) is -0.371. The monoisotopic (exact) mass is 487 g/mol. The van der Waals surface area contributed by atoms with E-state index >= 15 is 0 Å². The van der Waals surface area contributed by atoms with Gasteiger partial charge in [-0.3, -0.25) is 4.79 Å². The van der Waals surface area contributed by atoms with Crippen LogP contribution in [0.15, 0.2) is 0 Å². The van der Waals surface area contributed by atoms with Crippen LogP contribution in [0.1, 0.15) is 68.7 Å². The van der Waals surface area contributed by atoms with E-state index in [9.17, 15) is 9.59 Å². The molecule has 0 rings (SSSR count). The van der Waals surface area contributed by atoms with Gasteiger partial charge in [-0.1, -0.05) is 20.8 Å². The zero-order valence-corrected chi connectivity index (χ0v) is 23.0. The highest BCUT2D eigenvalue weighted by Gasteiger charge is 2.29. The average molecular weight is 488 g/mol. The highest BCUT2D eigenvalue weighted by molar-refractivity contribution is 7.81. The molecule has 0 aliphatic carbocycles. The number of nitrogens with two attached hydrogens (primary N) is 1. The van der Waals surface area contributed by atoms with Crippen LogP contribution in [-0.4, -0.2) is 75.3 Å². The highest BCUT2D eigenvalue weighted by Crippen LogP contribution is 2.27. The van der Waals surface area contributed by atoms with Gasteiger partial charge in [0.15, 0.2) is 0 Å². The Kier molecular flexibility index (Phi) is 12.3. The van der Waals surface area contributed by atoms with Crippen LogP contribution in [0, 0.1) is 5.41 Å². The van der Waals surface area contributed by atoms with Crippen molar-refractivity contribution in [1.29, 1.82) is 0 Å². The van der Waals surface area contributed by atoms with E-state index in [1.807, 2.05) is 55.4 Å². The SMILES string of the molecule is [B]C(C)(COCC(C)(C)CNC(=O)OC(C)(C)C)CC(=O)NC(C)(C)COCC(C)(S)CN. The summed E-state index contributed by atoms with van der Waals surface area (Å²) in [5, 5.41) is 4.86. The minimum absolute atomic E-state index is 0.0973. The summed E-state index contributed by atoms with van der Waals surface area (Å²) in [6.45, 7) is 18.8. The van der Waals surface area contributed by atoms with E-state index in [2.05, 4.69) is 23.3 Å². The number of hydrogen-bond acceptors (Lipinski definition) is 7. The van der Waals surface area contributed by atoms with Crippen molar-refractivity contribution in [3.05, 3.63) is 0 Å². The van der Waals surface area contributed by atoms with Crippen molar-refractivity contribution in [3.63, 3.8) is 0 Å². The van der Waals surface area contributed by atoms with Crippen LogP contribution in [0.3, 0.4) is 0 Å². The third-order valence-corrected chi connectivity index (χ3v) is 4.70. The van der Waals surface area contributed by atoms with E-state index in [1.54, 1.807) is 6.92 Å². The number of amides is 2. The largest absolute Gasteiger partial charge is 0.444 e. The smallest absolute Gasteiger partial charge is 0.407 e. The average Bonchev–Trinajstić information content (AvgIpc) is 2.56. The summed E-state index contributed by atoms with van der Waals surface area (Å²) in [7, 11) is 6.30. The number of rotatable bonds is 14. The van der Waals surface area contributed by atoms with Gasteiger partial charge in [-0.05, 0) is 46.9 Å². The minimum atomic E-state index is -0.848. The fourth-order valence-corrected chi connectivity index (χ4v) is 2.79. The quantitative estimate of drug-likeness (QED) is 0.222. The van der Waals surface area contributed by atoms with E-state index in [-0.39, 0.29) is 24.3 Å². The summed E-state index contributed by atoms with van der Waals surface area (Å²) in [5.74, 6) is -0.185. The molecule has 0 spiro atoms. The topological polar surface area (TPSA) is 112 Å². The normalized spacial score (nSPS) is 16.5. The van der Waals surface area contributed by atoms with Crippen LogP contribution >= 0.6 is 12.6 Å². The zero-order valence-electron chi connectivity index (χ0n) is 22.1. The summed E-state index contributed by atoms with van der Waals surface area (Å²) in [5.41, 5.74) is 4.20. The van der Waals surface area contributed by atoms with E-state index in [0.717, 1.165) is 0 Å². The van der Waals surface area contributed by atoms with Gasteiger partial charge in [0.1, 0.15) is 5.60 Å². The van der Waals surface area contributed by atoms with Crippen molar-refractivity contribution >= 4 is 32.5 Å². The zero-order chi connectivity index (χ0) is 26.1. The minimum Gasteiger partial charge on any atom is -0.444 e. The summed E-state index contributed by atoms with van der Waals surface area (Å²) < 4.78 is 16.3. The molecule has 10 heteroatoms. The Morgan fingerprint density at radius 2 is 1.45 bits per heavy atom. The van der Waals surface area contributed by atoms with Crippen LogP contribution in [0.4, 0.5) is 4.79 Å². The Hall–Kier alpha value is -0.965. The van der Waals surface area contributed by atoms with Crippen LogP contribution in [0.25, 0.3) is 0 Å². The Morgan fingerprint density at radius 1 is 0.909 bits per heavy atom. The molecule has 0 aliphatic rings. The van der Waals surface area contributed by atoms with E-state index in [4.69, 9.17) is 27.8 Å². The molecule has 0 bridgehead atoms. The second kappa shape index (κ2) is 12.7. The molecular formula is C23H46BN3O5S. The Labute approximate surface area is 207 Å². The molecular weight excluding hydrogens is 441 g/mol. The molecule has 0 saturated heterocycles. The van der Waals surface area contributed by atoms with Crippen molar-refractivity contribution in [2.45, 2.75) is 89.9 Å². The maximum atomic E-state index is 12.5. The van der Waals surface area contributed by atoms with Crippen molar-refractivity contribution in [1.82, 2.24) is 10.6 Å². The molecule has 0 aromatic carbocycles. The fourth-order valence-electron chi connectivity index (χ4n) is 2.70. The number of hydrogen-bond donors (Lipinski definition) is 4. The standard InChI is InChI=1S/C23H46BN3O5S/c1-19(2,3)32-18(29)26-12-20(4,5)13-30-15-22(8,24)10-17(28)27-21(6,7)14-31-16-23(9,33)11-25/h33H,10-16,25H2,1-9H3,(H,26,29)(H,27,28). The molecule has 0 aliphatic heterocycles. The highest BCUT2D eigenvalue weighted by atomic mass is 32.1. The third kappa shape index (κ3) is 17.2. The lowest BCUT2D eigenvalue weighted by Crippen LogP contribution is -2.49. The van der Waals surface area contributed by atoms with Gasteiger partial charge >= 0.3 is 6.09 Å².